The number of rotatable bonds is 7. The standard InChI is InChI=1S/C21H23ClN6O2/c22-17-6-4-16(5-7-17)14-28-15-19(25-26-28)21(29)24-13-20(18-3-1-2-8-23-18)27-9-11-30-12-10-27/h1-8,15,20H,9-14H2,(H,24,29)/t20-/m0/s1. The molecule has 1 atom stereocenters. The van der Waals surface area contributed by atoms with Crippen molar-refractivity contribution in [3.63, 3.8) is 0 Å². The monoisotopic (exact) mass is 426 g/mol. The number of nitrogens with zero attached hydrogens (tertiary/aromatic N) is 5. The summed E-state index contributed by atoms with van der Waals surface area (Å²) in [5.41, 5.74) is 2.23. The minimum Gasteiger partial charge on any atom is -0.379 e. The van der Waals surface area contributed by atoms with Crippen molar-refractivity contribution in [2.24, 2.45) is 0 Å². The van der Waals surface area contributed by atoms with E-state index < -0.39 is 0 Å². The van der Waals surface area contributed by atoms with Crippen molar-refractivity contribution < 1.29 is 9.53 Å². The highest BCUT2D eigenvalue weighted by atomic mass is 35.5. The lowest BCUT2D eigenvalue weighted by Gasteiger charge is -2.34. The van der Waals surface area contributed by atoms with Crippen LogP contribution in [0.4, 0.5) is 0 Å². The molecule has 1 N–H and O–H groups in total. The Morgan fingerprint density at radius 3 is 2.70 bits per heavy atom. The summed E-state index contributed by atoms with van der Waals surface area (Å²) >= 11 is 5.92. The van der Waals surface area contributed by atoms with Gasteiger partial charge in [0, 0.05) is 30.9 Å². The zero-order valence-electron chi connectivity index (χ0n) is 16.4. The molecule has 0 spiro atoms. The normalized spacial score (nSPS) is 15.6. The second kappa shape index (κ2) is 9.80. The molecule has 8 nitrogen and oxygen atoms in total. The van der Waals surface area contributed by atoms with Crippen molar-refractivity contribution in [1.82, 2.24) is 30.2 Å². The molecule has 3 aromatic rings. The van der Waals surface area contributed by atoms with E-state index in [-0.39, 0.29) is 17.6 Å². The number of halogens is 1. The topological polar surface area (TPSA) is 85.2 Å². The van der Waals surface area contributed by atoms with Crippen LogP contribution in [0.1, 0.15) is 27.8 Å². The Kier molecular flexibility index (Phi) is 6.68. The average Bonchev–Trinajstić information content (AvgIpc) is 3.25. The van der Waals surface area contributed by atoms with Crippen LogP contribution in [0.5, 0.6) is 0 Å². The fraction of sp³-hybridized carbons (Fsp3) is 0.333. The molecule has 1 aliphatic heterocycles. The van der Waals surface area contributed by atoms with Gasteiger partial charge in [-0.25, -0.2) is 4.68 Å². The number of hydrogen-bond donors (Lipinski definition) is 1. The van der Waals surface area contributed by atoms with Crippen LogP contribution in [0.25, 0.3) is 0 Å². The van der Waals surface area contributed by atoms with Crippen molar-refractivity contribution in [2.45, 2.75) is 12.6 Å². The average molecular weight is 427 g/mol. The van der Waals surface area contributed by atoms with Crippen molar-refractivity contribution >= 4 is 17.5 Å². The lowest BCUT2D eigenvalue weighted by Crippen LogP contribution is -2.44. The number of carbonyl (C=O) groups excluding carboxylic acids is 1. The molecule has 0 saturated carbocycles. The van der Waals surface area contributed by atoms with Crippen LogP contribution in [-0.4, -0.2) is 63.6 Å². The third-order valence-corrected chi connectivity index (χ3v) is 5.25. The molecule has 3 heterocycles. The van der Waals surface area contributed by atoms with Crippen LogP contribution in [0.3, 0.4) is 0 Å². The molecular weight excluding hydrogens is 404 g/mol. The maximum absolute atomic E-state index is 12.7. The van der Waals surface area contributed by atoms with E-state index in [9.17, 15) is 4.79 Å². The number of morpholine rings is 1. The van der Waals surface area contributed by atoms with Crippen LogP contribution in [-0.2, 0) is 11.3 Å². The largest absolute Gasteiger partial charge is 0.379 e. The fourth-order valence-electron chi connectivity index (χ4n) is 3.42. The molecule has 1 aliphatic rings. The van der Waals surface area contributed by atoms with Crippen molar-refractivity contribution in [3.8, 4) is 0 Å². The van der Waals surface area contributed by atoms with Crippen LogP contribution >= 0.6 is 11.6 Å². The maximum atomic E-state index is 12.7. The molecule has 9 heteroatoms. The Labute approximate surface area is 179 Å². The molecule has 1 fully saturated rings. The number of amides is 1. The van der Waals surface area contributed by atoms with E-state index in [1.807, 2.05) is 42.5 Å². The molecule has 1 saturated heterocycles. The van der Waals surface area contributed by atoms with E-state index in [4.69, 9.17) is 16.3 Å². The molecule has 2 aromatic heterocycles. The van der Waals surface area contributed by atoms with Crippen molar-refractivity contribution in [2.75, 3.05) is 32.8 Å². The molecule has 30 heavy (non-hydrogen) atoms. The minimum atomic E-state index is -0.258. The Morgan fingerprint density at radius 2 is 1.97 bits per heavy atom. The quantitative estimate of drug-likeness (QED) is 0.623. The first-order valence-corrected chi connectivity index (χ1v) is 10.2. The first-order valence-electron chi connectivity index (χ1n) is 9.84. The van der Waals surface area contributed by atoms with Gasteiger partial charge in [-0.3, -0.25) is 14.7 Å². The van der Waals surface area contributed by atoms with Crippen molar-refractivity contribution in [3.05, 3.63) is 76.8 Å². The fourth-order valence-corrected chi connectivity index (χ4v) is 3.55. The van der Waals surface area contributed by atoms with Gasteiger partial charge in [-0.2, -0.15) is 0 Å². The summed E-state index contributed by atoms with van der Waals surface area (Å²) < 4.78 is 7.10. The van der Waals surface area contributed by atoms with E-state index in [0.717, 1.165) is 24.3 Å². The highest BCUT2D eigenvalue weighted by Crippen LogP contribution is 2.19. The summed E-state index contributed by atoms with van der Waals surface area (Å²) in [4.78, 5) is 19.4. The number of aromatic nitrogens is 4. The zero-order valence-corrected chi connectivity index (χ0v) is 17.2. The van der Waals surface area contributed by atoms with Crippen molar-refractivity contribution in [1.29, 1.82) is 0 Å². The smallest absolute Gasteiger partial charge is 0.273 e. The van der Waals surface area contributed by atoms with Crippen LogP contribution in [0.2, 0.25) is 5.02 Å². The van der Waals surface area contributed by atoms with Gasteiger partial charge in [-0.15, -0.1) is 5.10 Å². The molecular formula is C21H23ClN6O2. The molecule has 0 radical (unpaired) electrons. The minimum absolute atomic E-state index is 0.0248. The van der Waals surface area contributed by atoms with Gasteiger partial charge in [-0.1, -0.05) is 35.0 Å². The third kappa shape index (κ3) is 5.21. The maximum Gasteiger partial charge on any atom is 0.273 e. The lowest BCUT2D eigenvalue weighted by atomic mass is 10.1. The van der Waals surface area contributed by atoms with Crippen LogP contribution in [0.15, 0.2) is 54.9 Å². The van der Waals surface area contributed by atoms with Crippen LogP contribution in [0, 0.1) is 0 Å². The van der Waals surface area contributed by atoms with Gasteiger partial charge in [0.05, 0.1) is 37.7 Å². The second-order valence-electron chi connectivity index (χ2n) is 7.06. The predicted molar refractivity (Wildman–Crippen MR) is 112 cm³/mol. The summed E-state index contributed by atoms with van der Waals surface area (Å²) in [5, 5.41) is 11.7. The van der Waals surface area contributed by atoms with Gasteiger partial charge in [0.1, 0.15) is 0 Å². The number of ether oxygens (including phenoxy) is 1. The molecule has 1 amide bonds. The second-order valence-corrected chi connectivity index (χ2v) is 7.49. The number of hydrogen-bond acceptors (Lipinski definition) is 6. The number of pyridine rings is 1. The summed E-state index contributed by atoms with van der Waals surface area (Å²) in [6.07, 6.45) is 3.42. The number of benzene rings is 1. The van der Waals surface area contributed by atoms with Gasteiger partial charge >= 0.3 is 0 Å². The van der Waals surface area contributed by atoms with Gasteiger partial charge in [0.2, 0.25) is 0 Å². The van der Waals surface area contributed by atoms with E-state index in [1.165, 1.54) is 0 Å². The first-order chi connectivity index (χ1) is 14.7. The van der Waals surface area contributed by atoms with Gasteiger partial charge in [0.25, 0.3) is 5.91 Å². The van der Waals surface area contributed by atoms with Crippen LogP contribution < -0.4 is 5.32 Å². The summed E-state index contributed by atoms with van der Waals surface area (Å²) in [6, 6.07) is 13.3. The third-order valence-electron chi connectivity index (χ3n) is 5.00. The van der Waals surface area contributed by atoms with Gasteiger partial charge < -0.3 is 10.1 Å². The van der Waals surface area contributed by atoms with Gasteiger partial charge in [-0.05, 0) is 29.8 Å². The summed E-state index contributed by atoms with van der Waals surface area (Å²) in [5.74, 6) is -0.258. The Balaban J connectivity index is 1.39. The molecule has 0 aliphatic carbocycles. The predicted octanol–water partition coefficient (Wildman–Crippen LogP) is 2.18. The summed E-state index contributed by atoms with van der Waals surface area (Å²) in [7, 11) is 0. The molecule has 1 aromatic carbocycles. The number of carbonyl (C=O) groups is 1. The highest BCUT2D eigenvalue weighted by Gasteiger charge is 2.24. The molecule has 0 bridgehead atoms. The Hall–Kier alpha value is -2.81. The molecule has 156 valence electrons. The van der Waals surface area contributed by atoms with E-state index in [1.54, 1.807) is 17.1 Å². The Morgan fingerprint density at radius 1 is 1.17 bits per heavy atom. The summed E-state index contributed by atoms with van der Waals surface area (Å²) in [6.45, 7) is 3.90. The van der Waals surface area contributed by atoms with E-state index in [2.05, 4.69) is 25.5 Å². The molecule has 4 rings (SSSR count). The lowest BCUT2D eigenvalue weighted by molar-refractivity contribution is 0.0153. The molecule has 0 unspecified atom stereocenters. The highest BCUT2D eigenvalue weighted by molar-refractivity contribution is 6.30. The number of nitrogens with one attached hydrogen (secondary N) is 1. The van der Waals surface area contributed by atoms with Gasteiger partial charge in [0.15, 0.2) is 5.69 Å². The Bertz CT molecular complexity index is 957. The first kappa shape index (κ1) is 20.5. The zero-order chi connectivity index (χ0) is 20.8. The SMILES string of the molecule is O=C(NC[C@@H](c1ccccn1)N1CCOCC1)c1cn(Cc2ccc(Cl)cc2)nn1. The van der Waals surface area contributed by atoms with E-state index in [0.29, 0.717) is 31.3 Å². The van der Waals surface area contributed by atoms with E-state index >= 15 is 0 Å².